The van der Waals surface area contributed by atoms with Crippen molar-refractivity contribution in [2.24, 2.45) is 0 Å². The van der Waals surface area contributed by atoms with Crippen molar-refractivity contribution >= 4 is 5.78 Å². The maximum Gasteiger partial charge on any atom is 0.449 e. The van der Waals surface area contributed by atoms with Crippen LogP contribution in [0.25, 0.3) is 0 Å². The van der Waals surface area contributed by atoms with Crippen LogP contribution in [0.5, 0.6) is 0 Å². The van der Waals surface area contributed by atoms with Crippen LogP contribution in [-0.2, 0) is 9.53 Å². The van der Waals surface area contributed by atoms with Crippen LogP contribution in [0.4, 0.5) is 13.2 Å². The maximum atomic E-state index is 11.9. The predicted octanol–water partition coefficient (Wildman–Crippen LogP) is 1.35. The number of aliphatic hydroxyl groups excluding tert-OH is 1. The number of ether oxygens (including phenoxy) is 1. The Balaban J connectivity index is 2.94. The van der Waals surface area contributed by atoms with Gasteiger partial charge in [-0.1, -0.05) is 0 Å². The molecule has 0 radical (unpaired) electrons. The lowest BCUT2D eigenvalue weighted by Gasteiger charge is -2.16. The third-order valence-corrected chi connectivity index (χ3v) is 1.61. The highest BCUT2D eigenvalue weighted by atomic mass is 19.4. The van der Waals surface area contributed by atoms with Gasteiger partial charge in [-0.15, -0.1) is 0 Å². The number of Topliss-reactive ketones (excluding diaryl/α,β-unsaturated/α-hetero) is 1. The molecule has 3 nitrogen and oxygen atoms in total. The molecular formula is C7H7F3O3. The van der Waals surface area contributed by atoms with Gasteiger partial charge in [0.2, 0.25) is 5.76 Å². The molecule has 1 saturated heterocycles. The molecule has 6 heteroatoms. The van der Waals surface area contributed by atoms with Crippen molar-refractivity contribution in [2.45, 2.75) is 12.6 Å². The van der Waals surface area contributed by atoms with Crippen LogP contribution in [0.3, 0.4) is 0 Å². The molecular weight excluding hydrogens is 189 g/mol. The minimum absolute atomic E-state index is 0.105. The van der Waals surface area contributed by atoms with Gasteiger partial charge in [0.15, 0.2) is 5.78 Å². The minimum atomic E-state index is -4.87. The molecule has 13 heavy (non-hydrogen) atoms. The fraction of sp³-hybridized carbons (Fsp3) is 0.571. The molecule has 0 aromatic heterocycles. The van der Waals surface area contributed by atoms with Gasteiger partial charge in [0.1, 0.15) is 0 Å². The Bertz CT molecular complexity index is 254. The molecule has 1 N–H and O–H groups in total. The van der Waals surface area contributed by atoms with Crippen molar-refractivity contribution < 1.29 is 27.8 Å². The normalized spacial score (nSPS) is 23.2. The van der Waals surface area contributed by atoms with Crippen LogP contribution in [0.1, 0.15) is 6.42 Å². The number of rotatable bonds is 0. The number of hydrogen-bond acceptors (Lipinski definition) is 3. The third kappa shape index (κ3) is 2.21. The van der Waals surface area contributed by atoms with Gasteiger partial charge in [-0.2, -0.15) is 13.2 Å². The monoisotopic (exact) mass is 196 g/mol. The Morgan fingerprint density at radius 1 is 1.46 bits per heavy atom. The molecule has 0 bridgehead atoms. The summed E-state index contributed by atoms with van der Waals surface area (Å²) in [6.07, 6.45) is -4.98. The second kappa shape index (κ2) is 3.37. The quantitative estimate of drug-likeness (QED) is 0.470. The molecule has 74 valence electrons. The van der Waals surface area contributed by atoms with E-state index in [0.717, 1.165) is 0 Å². The number of hydrogen-bond donors (Lipinski definition) is 1. The summed E-state index contributed by atoms with van der Waals surface area (Å²) in [5.41, 5.74) is -0.682. The lowest BCUT2D eigenvalue weighted by Crippen LogP contribution is -2.25. The van der Waals surface area contributed by atoms with E-state index >= 15 is 0 Å². The Hall–Kier alpha value is -1.04. The van der Waals surface area contributed by atoms with Gasteiger partial charge < -0.3 is 9.84 Å². The molecule has 0 saturated carbocycles. The van der Waals surface area contributed by atoms with Crippen LogP contribution in [0.2, 0.25) is 0 Å². The molecule has 1 aliphatic heterocycles. The smallest absolute Gasteiger partial charge is 0.449 e. The Labute approximate surface area is 71.8 Å². The highest BCUT2D eigenvalue weighted by Gasteiger charge is 2.39. The van der Waals surface area contributed by atoms with E-state index in [1.54, 1.807) is 0 Å². The average Bonchev–Trinajstić information content (AvgIpc) is 2.02. The van der Waals surface area contributed by atoms with E-state index in [2.05, 4.69) is 4.74 Å². The SMILES string of the molecule is O=C1CCOCC1=C(O)C(F)(F)F. The number of carbonyl (C=O) groups excluding carboxylic acids is 1. The Kier molecular flexibility index (Phi) is 2.60. The van der Waals surface area contributed by atoms with Crippen LogP contribution >= 0.6 is 0 Å². The van der Waals surface area contributed by atoms with Gasteiger partial charge in [0, 0.05) is 6.42 Å². The Morgan fingerprint density at radius 3 is 2.54 bits per heavy atom. The van der Waals surface area contributed by atoms with Gasteiger partial charge in [0.25, 0.3) is 0 Å². The topological polar surface area (TPSA) is 46.5 Å². The fourth-order valence-corrected chi connectivity index (χ4v) is 0.942. The van der Waals surface area contributed by atoms with E-state index in [4.69, 9.17) is 5.11 Å². The van der Waals surface area contributed by atoms with E-state index in [1.165, 1.54) is 0 Å². The molecule has 1 rings (SSSR count). The summed E-state index contributed by atoms with van der Waals surface area (Å²) >= 11 is 0. The third-order valence-electron chi connectivity index (χ3n) is 1.61. The van der Waals surface area contributed by atoms with Crippen LogP contribution in [0.15, 0.2) is 11.3 Å². The highest BCUT2D eigenvalue weighted by Crippen LogP contribution is 2.27. The molecule has 0 amide bonds. The van der Waals surface area contributed by atoms with Crippen molar-refractivity contribution in [3.63, 3.8) is 0 Å². The number of ketones is 1. The number of halogens is 3. The molecule has 0 aromatic rings. The largest absolute Gasteiger partial charge is 0.504 e. The fourth-order valence-electron chi connectivity index (χ4n) is 0.942. The van der Waals surface area contributed by atoms with Crippen LogP contribution < -0.4 is 0 Å². The average molecular weight is 196 g/mol. The van der Waals surface area contributed by atoms with E-state index in [-0.39, 0.29) is 13.0 Å². The summed E-state index contributed by atoms with van der Waals surface area (Å²) in [5, 5.41) is 8.63. The van der Waals surface area contributed by atoms with Crippen LogP contribution in [-0.4, -0.2) is 30.3 Å². The predicted molar refractivity (Wildman–Crippen MR) is 36.2 cm³/mol. The molecule has 1 fully saturated rings. The van der Waals surface area contributed by atoms with E-state index < -0.39 is 29.9 Å². The van der Waals surface area contributed by atoms with Gasteiger partial charge in [0.05, 0.1) is 18.8 Å². The number of allylic oxidation sites excluding steroid dienone is 1. The first-order valence-electron chi connectivity index (χ1n) is 3.53. The van der Waals surface area contributed by atoms with Crippen molar-refractivity contribution in [1.82, 2.24) is 0 Å². The van der Waals surface area contributed by atoms with Gasteiger partial charge >= 0.3 is 6.18 Å². The lowest BCUT2D eigenvalue weighted by molar-refractivity contribution is -0.130. The molecule has 0 aliphatic carbocycles. The summed E-state index contributed by atoms with van der Waals surface area (Å²) in [6.45, 7) is -0.363. The molecule has 1 heterocycles. The minimum Gasteiger partial charge on any atom is -0.504 e. The summed E-state index contributed by atoms with van der Waals surface area (Å²) in [7, 11) is 0. The van der Waals surface area contributed by atoms with Crippen molar-refractivity contribution in [3.05, 3.63) is 11.3 Å². The number of carbonyl (C=O) groups is 1. The molecule has 0 unspecified atom stereocenters. The zero-order chi connectivity index (χ0) is 10.1. The lowest BCUT2D eigenvalue weighted by atomic mass is 10.1. The molecule has 0 spiro atoms. The second-order valence-electron chi connectivity index (χ2n) is 2.55. The highest BCUT2D eigenvalue weighted by molar-refractivity contribution is 5.96. The summed E-state index contributed by atoms with van der Waals surface area (Å²) in [5.74, 6) is -2.54. The van der Waals surface area contributed by atoms with Gasteiger partial charge in [-0.25, -0.2) is 0 Å². The Morgan fingerprint density at radius 2 is 2.08 bits per heavy atom. The van der Waals surface area contributed by atoms with Gasteiger partial charge in [-0.05, 0) is 0 Å². The first-order valence-corrected chi connectivity index (χ1v) is 3.53. The van der Waals surface area contributed by atoms with Crippen LogP contribution in [0, 0.1) is 0 Å². The molecule has 0 aromatic carbocycles. The van der Waals surface area contributed by atoms with E-state index in [1.807, 2.05) is 0 Å². The number of alkyl halides is 3. The summed E-state index contributed by atoms with van der Waals surface area (Å²) < 4.78 is 40.3. The first kappa shape index (κ1) is 10.0. The van der Waals surface area contributed by atoms with E-state index in [0.29, 0.717) is 0 Å². The first-order chi connectivity index (χ1) is 5.93. The van der Waals surface area contributed by atoms with Crippen molar-refractivity contribution in [1.29, 1.82) is 0 Å². The van der Waals surface area contributed by atoms with E-state index in [9.17, 15) is 18.0 Å². The zero-order valence-corrected chi connectivity index (χ0v) is 6.52. The zero-order valence-electron chi connectivity index (χ0n) is 6.52. The summed E-state index contributed by atoms with van der Waals surface area (Å²) in [4.78, 5) is 10.9. The number of aliphatic hydroxyl groups is 1. The standard InChI is InChI=1S/C7H7F3O3/c8-7(9,10)6(12)4-3-13-2-1-5(4)11/h12H,1-3H2. The van der Waals surface area contributed by atoms with Crippen molar-refractivity contribution in [3.8, 4) is 0 Å². The second-order valence-corrected chi connectivity index (χ2v) is 2.55. The summed E-state index contributed by atoms with van der Waals surface area (Å²) in [6, 6.07) is 0. The molecule has 1 aliphatic rings. The van der Waals surface area contributed by atoms with Gasteiger partial charge in [-0.3, -0.25) is 4.79 Å². The molecule has 0 atom stereocenters. The van der Waals surface area contributed by atoms with Crippen molar-refractivity contribution in [2.75, 3.05) is 13.2 Å². The maximum absolute atomic E-state index is 11.9.